The minimum absolute atomic E-state index is 0.555. The van der Waals surface area contributed by atoms with Crippen LogP contribution in [0.1, 0.15) is 0 Å². The van der Waals surface area contributed by atoms with Crippen molar-refractivity contribution >= 4 is 43.6 Å². The van der Waals surface area contributed by atoms with E-state index in [2.05, 4.69) is 111 Å². The molecule has 4 aromatic heterocycles. The number of benzene rings is 5. The number of nitrogens with zero attached hydrogens (tertiary/aromatic N) is 4. The Balaban J connectivity index is 1.17. The zero-order chi connectivity index (χ0) is 29.0. The van der Waals surface area contributed by atoms with Crippen molar-refractivity contribution in [3.8, 4) is 34.7 Å². The molecule has 0 aliphatic rings. The Bertz CT molecular complexity index is 2430. The van der Waals surface area contributed by atoms with E-state index in [9.17, 15) is 0 Å². The monoisotopic (exact) mass is 568 g/mol. The second-order valence-corrected chi connectivity index (χ2v) is 10.7. The Morgan fingerprint density at radius 1 is 0.523 bits per heavy atom. The number of hydrogen-bond acceptors (Lipinski definition) is 4. The van der Waals surface area contributed by atoms with Crippen LogP contribution >= 0.6 is 0 Å². The van der Waals surface area contributed by atoms with Crippen LogP contribution in [0.15, 0.2) is 150 Å². The highest BCUT2D eigenvalue weighted by atomic mass is 16.5. The molecule has 0 atom stereocenters. The van der Waals surface area contributed by atoms with E-state index in [-0.39, 0.29) is 0 Å². The predicted octanol–water partition coefficient (Wildman–Crippen LogP) is 9.72. The van der Waals surface area contributed by atoms with Crippen LogP contribution in [0.3, 0.4) is 0 Å². The molecule has 0 saturated carbocycles. The van der Waals surface area contributed by atoms with Crippen LogP contribution in [-0.4, -0.2) is 19.1 Å². The van der Waals surface area contributed by atoms with Crippen LogP contribution in [0.25, 0.3) is 66.6 Å². The summed E-state index contributed by atoms with van der Waals surface area (Å²) in [5.41, 5.74) is 6.20. The smallest absolute Gasteiger partial charge is 0.228 e. The highest BCUT2D eigenvalue weighted by Crippen LogP contribution is 2.37. The van der Waals surface area contributed by atoms with Gasteiger partial charge in [0, 0.05) is 51.1 Å². The molecule has 9 rings (SSSR count). The Morgan fingerprint density at radius 2 is 1.18 bits per heavy atom. The molecule has 0 saturated heterocycles. The Labute approximate surface area is 252 Å². The summed E-state index contributed by atoms with van der Waals surface area (Å²) in [6, 6.07) is 45.4. The first-order valence-electron chi connectivity index (χ1n) is 14.5. The van der Waals surface area contributed by atoms with E-state index in [4.69, 9.17) is 14.1 Å². The molecule has 6 heteroatoms. The standard InChI is InChI=1S/C38H24N4O2/c1-4-15-32-30(14-1)31-20-19-27(43-36-18-7-8-21-39-36)23-35(31)41(32)26-11-9-10-25(22-26)38-40-24-37(44-38)42-33-16-5-2-12-28(33)29-13-3-6-17-34(29)42/h1-24H. The first-order chi connectivity index (χ1) is 21.8. The summed E-state index contributed by atoms with van der Waals surface area (Å²) in [4.78, 5) is 9.07. The second kappa shape index (κ2) is 9.71. The third-order valence-corrected chi connectivity index (χ3v) is 8.15. The summed E-state index contributed by atoms with van der Waals surface area (Å²) in [6.07, 6.45) is 3.54. The van der Waals surface area contributed by atoms with Gasteiger partial charge in [0.1, 0.15) is 5.75 Å². The first-order valence-corrected chi connectivity index (χ1v) is 14.5. The van der Waals surface area contributed by atoms with Gasteiger partial charge in [-0.2, -0.15) is 0 Å². The van der Waals surface area contributed by atoms with E-state index in [0.29, 0.717) is 17.7 Å². The summed E-state index contributed by atoms with van der Waals surface area (Å²) < 4.78 is 17.0. The average molecular weight is 569 g/mol. The third-order valence-electron chi connectivity index (χ3n) is 8.15. The van der Waals surface area contributed by atoms with Crippen molar-refractivity contribution in [2.24, 2.45) is 0 Å². The van der Waals surface area contributed by atoms with Crippen LogP contribution in [0.5, 0.6) is 11.6 Å². The summed E-state index contributed by atoms with van der Waals surface area (Å²) in [7, 11) is 0. The largest absolute Gasteiger partial charge is 0.439 e. The van der Waals surface area contributed by atoms with Gasteiger partial charge in [0.05, 0.1) is 28.3 Å². The van der Waals surface area contributed by atoms with E-state index in [1.807, 2.05) is 42.6 Å². The quantitative estimate of drug-likeness (QED) is 0.207. The maximum absolute atomic E-state index is 6.48. The molecule has 0 radical (unpaired) electrons. The molecule has 0 bridgehead atoms. The zero-order valence-corrected chi connectivity index (χ0v) is 23.5. The molecule has 208 valence electrons. The fourth-order valence-corrected chi connectivity index (χ4v) is 6.26. The van der Waals surface area contributed by atoms with Gasteiger partial charge < -0.3 is 13.7 Å². The second-order valence-electron chi connectivity index (χ2n) is 10.7. The summed E-state index contributed by atoms with van der Waals surface area (Å²) in [6.45, 7) is 0. The van der Waals surface area contributed by atoms with Crippen LogP contribution in [0.2, 0.25) is 0 Å². The van der Waals surface area contributed by atoms with Crippen molar-refractivity contribution in [1.29, 1.82) is 0 Å². The third kappa shape index (κ3) is 3.82. The molecule has 6 nitrogen and oxygen atoms in total. The van der Waals surface area contributed by atoms with E-state index in [1.165, 1.54) is 16.2 Å². The van der Waals surface area contributed by atoms with E-state index in [0.717, 1.165) is 44.5 Å². The van der Waals surface area contributed by atoms with Gasteiger partial charge in [0.2, 0.25) is 17.7 Å². The Hall–Kier alpha value is -6.14. The van der Waals surface area contributed by atoms with Crippen molar-refractivity contribution < 1.29 is 9.15 Å². The number of aromatic nitrogens is 4. The van der Waals surface area contributed by atoms with Crippen LogP contribution in [0.4, 0.5) is 0 Å². The fourth-order valence-electron chi connectivity index (χ4n) is 6.26. The lowest BCUT2D eigenvalue weighted by atomic mass is 10.1. The lowest BCUT2D eigenvalue weighted by Crippen LogP contribution is -1.95. The summed E-state index contributed by atoms with van der Waals surface area (Å²) in [5.74, 6) is 2.51. The number of ether oxygens (including phenoxy) is 1. The molecular formula is C38H24N4O2. The Morgan fingerprint density at radius 3 is 1.89 bits per heavy atom. The predicted molar refractivity (Wildman–Crippen MR) is 175 cm³/mol. The normalized spacial score (nSPS) is 11.6. The van der Waals surface area contributed by atoms with Gasteiger partial charge >= 0.3 is 0 Å². The van der Waals surface area contributed by atoms with E-state index >= 15 is 0 Å². The van der Waals surface area contributed by atoms with Crippen molar-refractivity contribution in [2.75, 3.05) is 0 Å². The molecule has 0 aliphatic heterocycles. The number of hydrogen-bond donors (Lipinski definition) is 0. The van der Waals surface area contributed by atoms with Gasteiger partial charge in [-0.3, -0.25) is 4.57 Å². The number of rotatable bonds is 5. The maximum atomic E-state index is 6.48. The van der Waals surface area contributed by atoms with Crippen LogP contribution in [-0.2, 0) is 0 Å². The number of oxazole rings is 1. The molecule has 0 amide bonds. The molecule has 9 aromatic rings. The van der Waals surface area contributed by atoms with E-state index in [1.54, 1.807) is 6.20 Å². The molecule has 0 fully saturated rings. The van der Waals surface area contributed by atoms with E-state index < -0.39 is 0 Å². The topological polar surface area (TPSA) is 58.0 Å². The van der Waals surface area contributed by atoms with Crippen molar-refractivity contribution in [3.05, 3.63) is 146 Å². The zero-order valence-electron chi connectivity index (χ0n) is 23.5. The fraction of sp³-hybridized carbons (Fsp3) is 0. The van der Waals surface area contributed by atoms with Crippen molar-refractivity contribution in [3.63, 3.8) is 0 Å². The van der Waals surface area contributed by atoms with Gasteiger partial charge in [0.25, 0.3) is 0 Å². The van der Waals surface area contributed by atoms with Crippen molar-refractivity contribution in [1.82, 2.24) is 19.1 Å². The van der Waals surface area contributed by atoms with Gasteiger partial charge in [-0.15, -0.1) is 0 Å². The lowest BCUT2D eigenvalue weighted by Gasteiger charge is -2.10. The summed E-state index contributed by atoms with van der Waals surface area (Å²) in [5, 5.41) is 4.67. The van der Waals surface area contributed by atoms with Gasteiger partial charge in [-0.1, -0.05) is 66.7 Å². The molecular weight excluding hydrogens is 544 g/mol. The number of fused-ring (bicyclic) bond motifs is 6. The first kappa shape index (κ1) is 24.5. The highest BCUT2D eigenvalue weighted by Gasteiger charge is 2.17. The molecule has 0 aliphatic carbocycles. The van der Waals surface area contributed by atoms with Gasteiger partial charge in [-0.25, -0.2) is 9.97 Å². The molecule has 0 spiro atoms. The van der Waals surface area contributed by atoms with Crippen LogP contribution < -0.4 is 4.74 Å². The maximum Gasteiger partial charge on any atom is 0.228 e. The Kier molecular flexibility index (Phi) is 5.40. The molecule has 44 heavy (non-hydrogen) atoms. The van der Waals surface area contributed by atoms with Gasteiger partial charge in [-0.05, 0) is 54.6 Å². The molecule has 0 unspecified atom stereocenters. The van der Waals surface area contributed by atoms with Crippen LogP contribution in [0, 0.1) is 0 Å². The number of para-hydroxylation sites is 3. The van der Waals surface area contributed by atoms with Crippen molar-refractivity contribution in [2.45, 2.75) is 0 Å². The highest BCUT2D eigenvalue weighted by molar-refractivity contribution is 6.10. The van der Waals surface area contributed by atoms with Gasteiger partial charge in [0.15, 0.2) is 0 Å². The SMILES string of the molecule is c1ccc(Oc2ccc3c4ccccc4n(-c4cccc(-c5ncc(-n6c7ccccc7c7ccccc76)o5)c4)c3c2)nc1. The lowest BCUT2D eigenvalue weighted by molar-refractivity contribution is 0.463. The molecule has 0 N–H and O–H groups in total. The number of pyridine rings is 1. The molecule has 5 aromatic carbocycles. The average Bonchev–Trinajstić information content (AvgIpc) is 3.78. The molecule has 4 heterocycles. The summed E-state index contributed by atoms with van der Waals surface area (Å²) >= 11 is 0. The minimum atomic E-state index is 0.555. The minimum Gasteiger partial charge on any atom is -0.439 e.